The van der Waals surface area contributed by atoms with Crippen LogP contribution >= 0.6 is 0 Å². The number of rotatable bonds is 4. The third kappa shape index (κ3) is 3.81. The maximum atomic E-state index is 13.3. The van der Waals surface area contributed by atoms with E-state index in [1.807, 2.05) is 6.07 Å². The van der Waals surface area contributed by atoms with Gasteiger partial charge in [-0.3, -0.25) is 9.69 Å². The van der Waals surface area contributed by atoms with E-state index in [1.54, 1.807) is 24.3 Å². The molecule has 0 saturated heterocycles. The highest BCUT2D eigenvalue weighted by Gasteiger charge is 2.20. The van der Waals surface area contributed by atoms with Gasteiger partial charge in [0, 0.05) is 23.2 Å². The van der Waals surface area contributed by atoms with Crippen LogP contribution in [0.4, 0.5) is 15.8 Å². The van der Waals surface area contributed by atoms with Crippen LogP contribution in [-0.2, 0) is 9.84 Å². The molecule has 3 aromatic carbocycles. The summed E-state index contributed by atoms with van der Waals surface area (Å²) in [6.45, 7) is 0. The monoisotopic (exact) mass is 369 g/mol. The number of hydrogen-bond donors (Lipinski definition) is 0. The lowest BCUT2D eigenvalue weighted by molar-refractivity contribution is 0.0999. The Morgan fingerprint density at radius 1 is 0.808 bits per heavy atom. The van der Waals surface area contributed by atoms with E-state index in [0.717, 1.165) is 6.26 Å². The van der Waals surface area contributed by atoms with Gasteiger partial charge in [0.1, 0.15) is 5.82 Å². The highest BCUT2D eigenvalue weighted by Crippen LogP contribution is 2.28. The lowest BCUT2D eigenvalue weighted by Crippen LogP contribution is -2.26. The fraction of sp³-hybridized carbons (Fsp3) is 0.0500. The van der Waals surface area contributed by atoms with Gasteiger partial charge >= 0.3 is 0 Å². The standard InChI is InChI=1S/C20H16FNO3S/c1-26(24,25)19-13-7-15(8-14-19)20(23)22(17-5-3-2-4-6-17)18-11-9-16(21)10-12-18/h2-14H,1H3. The van der Waals surface area contributed by atoms with Crippen LogP contribution in [0, 0.1) is 5.82 Å². The van der Waals surface area contributed by atoms with Crippen molar-refractivity contribution in [1.29, 1.82) is 0 Å². The van der Waals surface area contributed by atoms with Gasteiger partial charge in [0.15, 0.2) is 9.84 Å². The van der Waals surface area contributed by atoms with Gasteiger partial charge in [-0.1, -0.05) is 18.2 Å². The highest BCUT2D eigenvalue weighted by molar-refractivity contribution is 7.90. The number of carbonyl (C=O) groups excluding carboxylic acids is 1. The predicted molar refractivity (Wildman–Crippen MR) is 98.9 cm³/mol. The Kier molecular flexibility index (Phi) is 4.86. The Labute approximate surface area is 151 Å². The third-order valence-electron chi connectivity index (χ3n) is 3.83. The molecule has 1 amide bonds. The van der Waals surface area contributed by atoms with Crippen molar-refractivity contribution in [1.82, 2.24) is 0 Å². The topological polar surface area (TPSA) is 54.5 Å². The maximum absolute atomic E-state index is 13.3. The minimum atomic E-state index is -3.34. The van der Waals surface area contributed by atoms with Crippen molar-refractivity contribution < 1.29 is 17.6 Å². The number of para-hydroxylation sites is 1. The summed E-state index contributed by atoms with van der Waals surface area (Å²) in [7, 11) is -3.34. The van der Waals surface area contributed by atoms with Crippen molar-refractivity contribution in [3.8, 4) is 0 Å². The van der Waals surface area contributed by atoms with Crippen LogP contribution in [0.1, 0.15) is 10.4 Å². The second-order valence-electron chi connectivity index (χ2n) is 5.75. The molecule has 4 nitrogen and oxygen atoms in total. The quantitative estimate of drug-likeness (QED) is 0.692. The first-order valence-corrected chi connectivity index (χ1v) is 9.70. The molecule has 0 bridgehead atoms. The molecule has 6 heteroatoms. The lowest BCUT2D eigenvalue weighted by atomic mass is 10.1. The molecule has 3 aromatic rings. The Hall–Kier alpha value is -2.99. The van der Waals surface area contributed by atoms with Crippen molar-refractivity contribution >= 4 is 27.1 Å². The van der Waals surface area contributed by atoms with Gasteiger partial charge in [0.25, 0.3) is 5.91 Å². The molecule has 3 rings (SSSR count). The van der Waals surface area contributed by atoms with E-state index in [-0.39, 0.29) is 10.8 Å². The van der Waals surface area contributed by atoms with Gasteiger partial charge in [-0.25, -0.2) is 12.8 Å². The fourth-order valence-electron chi connectivity index (χ4n) is 2.52. The zero-order valence-electron chi connectivity index (χ0n) is 14.0. The number of benzene rings is 3. The first-order chi connectivity index (χ1) is 12.4. The molecular formula is C20H16FNO3S. The summed E-state index contributed by atoms with van der Waals surface area (Å²) in [6, 6.07) is 20.3. The SMILES string of the molecule is CS(=O)(=O)c1ccc(C(=O)N(c2ccccc2)c2ccc(F)cc2)cc1. The molecule has 0 aliphatic heterocycles. The van der Waals surface area contributed by atoms with Crippen LogP contribution in [0.25, 0.3) is 0 Å². The van der Waals surface area contributed by atoms with Crippen molar-refractivity contribution in [2.75, 3.05) is 11.2 Å². The van der Waals surface area contributed by atoms with Gasteiger partial charge < -0.3 is 0 Å². The molecule has 0 aliphatic carbocycles. The molecule has 0 N–H and O–H groups in total. The number of amides is 1. The summed E-state index contributed by atoms with van der Waals surface area (Å²) >= 11 is 0. The third-order valence-corrected chi connectivity index (χ3v) is 4.96. The molecule has 0 saturated carbocycles. The molecule has 26 heavy (non-hydrogen) atoms. The van der Waals surface area contributed by atoms with Crippen molar-refractivity contribution in [2.24, 2.45) is 0 Å². The minimum absolute atomic E-state index is 0.141. The lowest BCUT2D eigenvalue weighted by Gasteiger charge is -2.23. The van der Waals surface area contributed by atoms with Crippen molar-refractivity contribution in [3.05, 3.63) is 90.2 Å². The summed E-state index contributed by atoms with van der Waals surface area (Å²) in [5.74, 6) is -0.741. The molecule has 0 fully saturated rings. The van der Waals surface area contributed by atoms with E-state index < -0.39 is 15.7 Å². The second kappa shape index (κ2) is 7.09. The van der Waals surface area contributed by atoms with Crippen LogP contribution in [0.5, 0.6) is 0 Å². The first kappa shape index (κ1) is 17.8. The van der Waals surface area contributed by atoms with E-state index in [4.69, 9.17) is 0 Å². The fourth-order valence-corrected chi connectivity index (χ4v) is 3.16. The van der Waals surface area contributed by atoms with E-state index in [9.17, 15) is 17.6 Å². The molecule has 0 aliphatic rings. The average Bonchev–Trinajstić information content (AvgIpc) is 2.64. The zero-order valence-corrected chi connectivity index (χ0v) is 14.8. The largest absolute Gasteiger partial charge is 0.277 e. The molecule has 0 heterocycles. The summed E-state index contributed by atoms with van der Waals surface area (Å²) < 4.78 is 36.5. The molecule has 132 valence electrons. The van der Waals surface area contributed by atoms with Crippen molar-refractivity contribution in [2.45, 2.75) is 4.90 Å². The van der Waals surface area contributed by atoms with E-state index in [1.165, 1.54) is 53.4 Å². The maximum Gasteiger partial charge on any atom is 0.262 e. The molecule has 0 unspecified atom stereocenters. The predicted octanol–water partition coefficient (Wildman–Crippen LogP) is 4.21. The number of halogens is 1. The second-order valence-corrected chi connectivity index (χ2v) is 7.76. The highest BCUT2D eigenvalue weighted by atomic mass is 32.2. The normalized spacial score (nSPS) is 11.2. The van der Waals surface area contributed by atoms with Crippen LogP contribution in [0.15, 0.2) is 83.8 Å². The van der Waals surface area contributed by atoms with E-state index in [0.29, 0.717) is 16.9 Å². The van der Waals surface area contributed by atoms with Crippen LogP contribution in [-0.4, -0.2) is 20.6 Å². The molecule has 0 atom stereocenters. The molecule has 0 radical (unpaired) electrons. The Bertz CT molecular complexity index is 1010. The number of hydrogen-bond acceptors (Lipinski definition) is 3. The van der Waals surface area contributed by atoms with E-state index in [2.05, 4.69) is 0 Å². The van der Waals surface area contributed by atoms with Gasteiger partial charge in [0.2, 0.25) is 0 Å². The van der Waals surface area contributed by atoms with Gasteiger partial charge in [0.05, 0.1) is 4.90 Å². The summed E-state index contributed by atoms with van der Waals surface area (Å²) in [6.07, 6.45) is 1.11. The van der Waals surface area contributed by atoms with Gasteiger partial charge in [-0.2, -0.15) is 0 Å². The smallest absolute Gasteiger partial charge is 0.262 e. The van der Waals surface area contributed by atoms with Gasteiger partial charge in [-0.15, -0.1) is 0 Å². The van der Waals surface area contributed by atoms with Crippen LogP contribution in [0.2, 0.25) is 0 Å². The van der Waals surface area contributed by atoms with Crippen LogP contribution in [0.3, 0.4) is 0 Å². The van der Waals surface area contributed by atoms with Crippen molar-refractivity contribution in [3.63, 3.8) is 0 Å². The summed E-state index contributed by atoms with van der Waals surface area (Å²) in [5, 5.41) is 0. The van der Waals surface area contributed by atoms with Crippen LogP contribution < -0.4 is 4.90 Å². The Morgan fingerprint density at radius 3 is 1.88 bits per heavy atom. The molecule has 0 spiro atoms. The number of nitrogens with zero attached hydrogens (tertiary/aromatic N) is 1. The summed E-state index contributed by atoms with van der Waals surface area (Å²) in [4.78, 5) is 14.7. The first-order valence-electron chi connectivity index (χ1n) is 7.81. The summed E-state index contributed by atoms with van der Waals surface area (Å²) in [5.41, 5.74) is 1.46. The average molecular weight is 369 g/mol. The van der Waals surface area contributed by atoms with Gasteiger partial charge in [-0.05, 0) is 60.7 Å². The van der Waals surface area contributed by atoms with E-state index >= 15 is 0 Å². The zero-order chi connectivity index (χ0) is 18.7. The number of sulfone groups is 1. The number of carbonyl (C=O) groups is 1. The molecule has 0 aromatic heterocycles. The number of anilines is 2. The Balaban J connectivity index is 2.04. The Morgan fingerprint density at radius 2 is 1.35 bits per heavy atom. The minimum Gasteiger partial charge on any atom is -0.277 e. The molecular weight excluding hydrogens is 353 g/mol.